The van der Waals surface area contributed by atoms with Crippen LogP contribution in [0.4, 0.5) is 5.13 Å². The minimum Gasteiger partial charge on any atom is -0.340 e. The molecule has 1 aliphatic rings. The predicted octanol–water partition coefficient (Wildman–Crippen LogP) is 2.25. The molecular weight excluding hydrogens is 314 g/mol. The zero-order chi connectivity index (χ0) is 16.2. The molecule has 0 aliphatic carbocycles. The number of rotatable bonds is 5. The summed E-state index contributed by atoms with van der Waals surface area (Å²) in [5.41, 5.74) is 0. The fourth-order valence-corrected chi connectivity index (χ4v) is 3.85. The summed E-state index contributed by atoms with van der Waals surface area (Å²) in [5, 5.41) is 7.40. The van der Waals surface area contributed by atoms with E-state index >= 15 is 0 Å². The van der Waals surface area contributed by atoms with E-state index in [9.17, 15) is 4.79 Å². The molecule has 7 nitrogen and oxygen atoms in total. The predicted molar refractivity (Wildman–Crippen MR) is 87.2 cm³/mol. The van der Waals surface area contributed by atoms with Crippen molar-refractivity contribution < 1.29 is 9.32 Å². The molecule has 0 saturated carbocycles. The number of nitrogens with one attached hydrogen (secondary N) is 1. The molecule has 2 aromatic heterocycles. The van der Waals surface area contributed by atoms with Crippen LogP contribution in [0.3, 0.4) is 0 Å². The van der Waals surface area contributed by atoms with E-state index in [1.807, 2.05) is 13.1 Å². The topological polar surface area (TPSA) is 84.2 Å². The summed E-state index contributed by atoms with van der Waals surface area (Å²) in [5.74, 6) is 1.91. The SMILES string of the molecule is CC(=O)Nc1ncc(CN2CCCC(Cc3noc(C)n3)C2)s1. The molecule has 124 valence electrons. The lowest BCUT2D eigenvalue weighted by atomic mass is 9.94. The zero-order valence-electron chi connectivity index (χ0n) is 13.4. The number of hydrogen-bond acceptors (Lipinski definition) is 7. The third-order valence-corrected chi connectivity index (χ3v) is 4.76. The molecule has 23 heavy (non-hydrogen) atoms. The molecule has 8 heteroatoms. The second-order valence-corrected chi connectivity index (χ2v) is 7.11. The van der Waals surface area contributed by atoms with Crippen molar-refractivity contribution in [1.29, 1.82) is 0 Å². The lowest BCUT2D eigenvalue weighted by Gasteiger charge is -2.31. The standard InChI is InChI=1S/C15H21N5O2S/c1-10(21)17-15-16-7-13(23-15)9-20-5-3-4-12(8-20)6-14-18-11(2)22-19-14/h7,12H,3-6,8-9H2,1-2H3,(H,16,17,21). The second kappa shape index (κ2) is 7.18. The largest absolute Gasteiger partial charge is 0.340 e. The molecule has 1 fully saturated rings. The van der Waals surface area contributed by atoms with Gasteiger partial charge in [-0.2, -0.15) is 4.98 Å². The summed E-state index contributed by atoms with van der Waals surface area (Å²) in [6, 6.07) is 0. The van der Waals surface area contributed by atoms with E-state index in [0.717, 1.165) is 31.9 Å². The summed E-state index contributed by atoms with van der Waals surface area (Å²) in [4.78, 5) is 23.2. The molecule has 0 spiro atoms. The number of amides is 1. The minimum atomic E-state index is -0.0839. The van der Waals surface area contributed by atoms with Crippen molar-refractivity contribution in [2.24, 2.45) is 5.92 Å². The summed E-state index contributed by atoms with van der Waals surface area (Å²) < 4.78 is 5.05. The summed E-state index contributed by atoms with van der Waals surface area (Å²) >= 11 is 1.54. The van der Waals surface area contributed by atoms with Crippen LogP contribution in [0.2, 0.25) is 0 Å². The van der Waals surface area contributed by atoms with Gasteiger partial charge >= 0.3 is 0 Å². The molecule has 1 atom stereocenters. The Kier molecular flexibility index (Phi) is 5.02. The molecule has 1 aliphatic heterocycles. The van der Waals surface area contributed by atoms with Gasteiger partial charge < -0.3 is 9.84 Å². The monoisotopic (exact) mass is 335 g/mol. The third-order valence-electron chi connectivity index (χ3n) is 3.86. The maximum Gasteiger partial charge on any atom is 0.223 e. The van der Waals surface area contributed by atoms with Crippen molar-refractivity contribution in [3.05, 3.63) is 22.8 Å². The molecule has 1 saturated heterocycles. The number of aromatic nitrogens is 3. The van der Waals surface area contributed by atoms with Gasteiger partial charge in [0, 0.05) is 44.4 Å². The van der Waals surface area contributed by atoms with Crippen LogP contribution in [-0.4, -0.2) is 39.0 Å². The Balaban J connectivity index is 1.54. The normalized spacial score (nSPS) is 19.0. The van der Waals surface area contributed by atoms with Gasteiger partial charge in [0.15, 0.2) is 11.0 Å². The highest BCUT2D eigenvalue weighted by atomic mass is 32.1. The van der Waals surface area contributed by atoms with Crippen molar-refractivity contribution in [2.75, 3.05) is 18.4 Å². The van der Waals surface area contributed by atoms with E-state index in [-0.39, 0.29) is 5.91 Å². The van der Waals surface area contributed by atoms with Gasteiger partial charge in [-0.1, -0.05) is 5.16 Å². The average Bonchev–Trinajstić information content (AvgIpc) is 3.08. The van der Waals surface area contributed by atoms with Crippen LogP contribution in [0, 0.1) is 12.8 Å². The van der Waals surface area contributed by atoms with Crippen LogP contribution >= 0.6 is 11.3 Å². The Morgan fingerprint density at radius 3 is 3.17 bits per heavy atom. The number of aryl methyl sites for hydroxylation is 1. The molecule has 0 radical (unpaired) electrons. The molecule has 2 aromatic rings. The van der Waals surface area contributed by atoms with Gasteiger partial charge in [0.2, 0.25) is 11.8 Å². The first-order valence-corrected chi connectivity index (χ1v) is 8.64. The Labute approximate surface area is 139 Å². The van der Waals surface area contributed by atoms with Gasteiger partial charge in [0.05, 0.1) is 0 Å². The van der Waals surface area contributed by atoms with Crippen molar-refractivity contribution in [2.45, 2.75) is 39.7 Å². The van der Waals surface area contributed by atoms with Gasteiger partial charge in [-0.3, -0.25) is 9.69 Å². The lowest BCUT2D eigenvalue weighted by Crippen LogP contribution is -2.35. The first kappa shape index (κ1) is 16.1. The zero-order valence-corrected chi connectivity index (χ0v) is 14.2. The molecule has 1 N–H and O–H groups in total. The first-order valence-electron chi connectivity index (χ1n) is 7.82. The number of thiazole rings is 1. The molecule has 1 unspecified atom stereocenters. The Morgan fingerprint density at radius 1 is 1.57 bits per heavy atom. The number of piperidine rings is 1. The molecular formula is C15H21N5O2S. The third kappa shape index (κ3) is 4.59. The average molecular weight is 335 g/mol. The quantitative estimate of drug-likeness (QED) is 0.902. The molecule has 0 bridgehead atoms. The summed E-state index contributed by atoms with van der Waals surface area (Å²) in [6.07, 6.45) is 5.10. The summed E-state index contributed by atoms with van der Waals surface area (Å²) in [6.45, 7) is 6.31. The fourth-order valence-electron chi connectivity index (χ4n) is 2.95. The van der Waals surface area contributed by atoms with E-state index in [0.29, 0.717) is 16.9 Å². The van der Waals surface area contributed by atoms with Crippen LogP contribution in [0.25, 0.3) is 0 Å². The van der Waals surface area contributed by atoms with Gasteiger partial charge in [0.1, 0.15) is 0 Å². The maximum atomic E-state index is 11.1. The number of carbonyl (C=O) groups excluding carboxylic acids is 1. The first-order chi connectivity index (χ1) is 11.1. The van der Waals surface area contributed by atoms with Crippen molar-refractivity contribution >= 4 is 22.4 Å². The van der Waals surface area contributed by atoms with E-state index in [4.69, 9.17) is 4.52 Å². The highest BCUT2D eigenvalue weighted by Crippen LogP contribution is 2.24. The smallest absolute Gasteiger partial charge is 0.223 e. The molecule has 0 aromatic carbocycles. The van der Waals surface area contributed by atoms with Crippen LogP contribution in [0.1, 0.15) is 36.4 Å². The molecule has 1 amide bonds. The molecule has 3 heterocycles. The number of hydrogen-bond donors (Lipinski definition) is 1. The van der Waals surface area contributed by atoms with E-state index in [1.54, 1.807) is 0 Å². The highest BCUT2D eigenvalue weighted by Gasteiger charge is 2.22. The second-order valence-electron chi connectivity index (χ2n) is 5.99. The number of carbonyl (C=O) groups is 1. The van der Waals surface area contributed by atoms with Crippen LogP contribution < -0.4 is 5.32 Å². The maximum absolute atomic E-state index is 11.1. The van der Waals surface area contributed by atoms with Crippen molar-refractivity contribution in [1.82, 2.24) is 20.0 Å². The van der Waals surface area contributed by atoms with Crippen LogP contribution in [0.15, 0.2) is 10.7 Å². The van der Waals surface area contributed by atoms with Crippen molar-refractivity contribution in [3.63, 3.8) is 0 Å². The van der Waals surface area contributed by atoms with Crippen molar-refractivity contribution in [3.8, 4) is 0 Å². The van der Waals surface area contributed by atoms with Gasteiger partial charge in [-0.05, 0) is 25.3 Å². The van der Waals surface area contributed by atoms with E-state index in [1.165, 1.54) is 36.0 Å². The van der Waals surface area contributed by atoms with Gasteiger partial charge in [-0.15, -0.1) is 11.3 Å². The minimum absolute atomic E-state index is 0.0839. The van der Waals surface area contributed by atoms with Crippen LogP contribution in [0.5, 0.6) is 0 Å². The Bertz CT molecular complexity index is 668. The number of likely N-dealkylation sites (tertiary alicyclic amines) is 1. The highest BCUT2D eigenvalue weighted by molar-refractivity contribution is 7.15. The number of anilines is 1. The summed E-state index contributed by atoms with van der Waals surface area (Å²) in [7, 11) is 0. The van der Waals surface area contributed by atoms with Crippen LogP contribution in [-0.2, 0) is 17.8 Å². The van der Waals surface area contributed by atoms with Gasteiger partial charge in [-0.25, -0.2) is 4.98 Å². The Morgan fingerprint density at radius 2 is 2.43 bits per heavy atom. The van der Waals surface area contributed by atoms with E-state index in [2.05, 4.69) is 25.3 Å². The molecule has 3 rings (SSSR count). The Hall–Kier alpha value is -1.80. The lowest BCUT2D eigenvalue weighted by molar-refractivity contribution is -0.114. The fraction of sp³-hybridized carbons (Fsp3) is 0.600. The van der Waals surface area contributed by atoms with Gasteiger partial charge in [0.25, 0.3) is 0 Å². The van der Waals surface area contributed by atoms with E-state index < -0.39 is 0 Å². The number of nitrogens with zero attached hydrogens (tertiary/aromatic N) is 4.